The van der Waals surface area contributed by atoms with Crippen LogP contribution in [0.2, 0.25) is 0 Å². The molecule has 0 bridgehead atoms. The van der Waals surface area contributed by atoms with E-state index in [1.807, 2.05) is 32.0 Å². The summed E-state index contributed by atoms with van der Waals surface area (Å²) in [6, 6.07) is 11.7. The van der Waals surface area contributed by atoms with Gasteiger partial charge in [0.25, 0.3) is 5.91 Å². The van der Waals surface area contributed by atoms with Crippen LogP contribution in [0.4, 0.5) is 4.39 Å². The molecule has 0 atom stereocenters. The Labute approximate surface area is 193 Å². The van der Waals surface area contributed by atoms with Gasteiger partial charge in [-0.05, 0) is 74.6 Å². The van der Waals surface area contributed by atoms with Gasteiger partial charge in [0, 0.05) is 6.54 Å². The van der Waals surface area contributed by atoms with Gasteiger partial charge in [0.2, 0.25) is 0 Å². The second-order valence-corrected chi connectivity index (χ2v) is 8.33. The highest BCUT2D eigenvalue weighted by atomic mass is 19.1. The van der Waals surface area contributed by atoms with Gasteiger partial charge >= 0.3 is 5.97 Å². The Hall–Kier alpha value is -3.35. The van der Waals surface area contributed by atoms with Crippen LogP contribution in [0.1, 0.15) is 31.9 Å². The van der Waals surface area contributed by atoms with Gasteiger partial charge in [0.1, 0.15) is 11.4 Å². The molecule has 2 aromatic rings. The van der Waals surface area contributed by atoms with Crippen molar-refractivity contribution in [1.82, 2.24) is 4.90 Å². The zero-order valence-corrected chi connectivity index (χ0v) is 19.7. The lowest BCUT2D eigenvalue weighted by Crippen LogP contribution is -2.45. The van der Waals surface area contributed by atoms with Crippen molar-refractivity contribution in [2.45, 2.75) is 39.2 Å². The maximum Gasteiger partial charge on any atom is 0.343 e. The first-order valence-electron chi connectivity index (χ1n) is 10.9. The molecule has 1 aliphatic rings. The Bertz CT molecular complexity index is 1060. The Morgan fingerprint density at radius 3 is 2.24 bits per heavy atom. The van der Waals surface area contributed by atoms with Gasteiger partial charge in [-0.3, -0.25) is 4.79 Å². The van der Waals surface area contributed by atoms with E-state index in [0.717, 1.165) is 11.1 Å². The molecule has 2 aromatic carbocycles. The van der Waals surface area contributed by atoms with E-state index in [9.17, 15) is 14.0 Å². The summed E-state index contributed by atoms with van der Waals surface area (Å²) in [5, 5.41) is 0. The molecule has 0 spiro atoms. The van der Waals surface area contributed by atoms with Crippen LogP contribution >= 0.6 is 0 Å². The van der Waals surface area contributed by atoms with Crippen LogP contribution in [0.3, 0.4) is 0 Å². The summed E-state index contributed by atoms with van der Waals surface area (Å²) in [4.78, 5) is 27.9. The minimum absolute atomic E-state index is 0.0680. The Kier molecular flexibility index (Phi) is 7.41. The van der Waals surface area contributed by atoms with E-state index in [1.54, 1.807) is 38.2 Å². The fraction of sp³-hybridized carbons (Fsp3) is 0.385. The van der Waals surface area contributed by atoms with Crippen molar-refractivity contribution < 1.29 is 28.2 Å². The fourth-order valence-electron chi connectivity index (χ4n) is 4.17. The number of rotatable bonds is 9. The highest BCUT2D eigenvalue weighted by Gasteiger charge is 2.47. The number of amides is 1. The van der Waals surface area contributed by atoms with Crippen LogP contribution in [-0.4, -0.2) is 49.7 Å². The number of nitrogens with zero attached hydrogens (tertiary/aromatic N) is 1. The quantitative estimate of drug-likeness (QED) is 0.421. The molecule has 0 saturated heterocycles. The molecule has 6 nitrogen and oxygen atoms in total. The van der Waals surface area contributed by atoms with Crippen LogP contribution in [0, 0.1) is 5.82 Å². The standard InChI is InChI=1S/C26H30FNO5/c1-6-33-25(30)23-20(15-17-7-10-19(27)11-8-17)26(2,3)28(24(23)29)14-13-18-9-12-21(31-4)22(16-18)32-5/h7-12,16H,6,13-15H2,1-5H3. The third kappa shape index (κ3) is 5.02. The summed E-state index contributed by atoms with van der Waals surface area (Å²) < 4.78 is 29.3. The maximum absolute atomic E-state index is 13.4. The summed E-state index contributed by atoms with van der Waals surface area (Å²) in [5.41, 5.74) is 1.81. The average molecular weight is 456 g/mol. The molecule has 33 heavy (non-hydrogen) atoms. The zero-order valence-electron chi connectivity index (χ0n) is 19.7. The summed E-state index contributed by atoms with van der Waals surface area (Å²) in [5.74, 6) is -0.0648. The molecular weight excluding hydrogens is 425 g/mol. The number of halogens is 1. The normalized spacial score (nSPS) is 15.1. The Morgan fingerprint density at radius 2 is 1.64 bits per heavy atom. The molecule has 1 amide bonds. The van der Waals surface area contributed by atoms with Crippen molar-refractivity contribution >= 4 is 11.9 Å². The van der Waals surface area contributed by atoms with E-state index < -0.39 is 11.5 Å². The SMILES string of the molecule is CCOC(=O)C1=C(Cc2ccc(F)cc2)C(C)(C)N(CCc2ccc(OC)c(OC)c2)C1=O. The summed E-state index contributed by atoms with van der Waals surface area (Å²) in [6.45, 7) is 6.12. The number of methoxy groups -OCH3 is 2. The van der Waals surface area contributed by atoms with Crippen molar-refractivity contribution in [1.29, 1.82) is 0 Å². The molecule has 176 valence electrons. The average Bonchev–Trinajstić information content (AvgIpc) is 2.98. The molecule has 0 aliphatic carbocycles. The fourth-order valence-corrected chi connectivity index (χ4v) is 4.17. The molecule has 1 aliphatic heterocycles. The minimum Gasteiger partial charge on any atom is -0.493 e. The highest BCUT2D eigenvalue weighted by Crippen LogP contribution is 2.38. The lowest BCUT2D eigenvalue weighted by molar-refractivity contribution is -0.141. The number of carbonyl (C=O) groups excluding carboxylic acids is 2. The molecule has 7 heteroatoms. The third-order valence-corrected chi connectivity index (χ3v) is 6.02. The molecule has 3 rings (SSSR count). The molecule has 0 N–H and O–H groups in total. The number of esters is 1. The van der Waals surface area contributed by atoms with Crippen molar-refractivity contribution in [2.24, 2.45) is 0 Å². The predicted octanol–water partition coefficient (Wildman–Crippen LogP) is 4.11. The Balaban J connectivity index is 1.89. The van der Waals surface area contributed by atoms with Crippen molar-refractivity contribution in [2.75, 3.05) is 27.4 Å². The second kappa shape index (κ2) is 10.1. The van der Waals surface area contributed by atoms with Gasteiger partial charge in [0.05, 0.1) is 26.4 Å². The van der Waals surface area contributed by atoms with E-state index in [-0.39, 0.29) is 23.9 Å². The van der Waals surface area contributed by atoms with Gasteiger partial charge in [-0.2, -0.15) is 0 Å². The molecule has 0 saturated carbocycles. The number of hydrogen-bond donors (Lipinski definition) is 0. The molecular formula is C26H30FNO5. The van der Waals surface area contributed by atoms with Gasteiger partial charge in [-0.15, -0.1) is 0 Å². The van der Waals surface area contributed by atoms with Crippen molar-refractivity contribution in [3.8, 4) is 11.5 Å². The lowest BCUT2D eigenvalue weighted by Gasteiger charge is -2.35. The molecule has 0 aromatic heterocycles. The second-order valence-electron chi connectivity index (χ2n) is 8.33. The van der Waals surface area contributed by atoms with E-state index in [1.165, 1.54) is 12.1 Å². The Morgan fingerprint density at radius 1 is 1.00 bits per heavy atom. The number of ether oxygens (including phenoxy) is 3. The number of hydrogen-bond acceptors (Lipinski definition) is 5. The largest absolute Gasteiger partial charge is 0.493 e. The molecule has 1 heterocycles. The number of benzene rings is 2. The first-order valence-corrected chi connectivity index (χ1v) is 10.9. The van der Waals surface area contributed by atoms with Gasteiger partial charge in [-0.1, -0.05) is 18.2 Å². The molecule has 0 radical (unpaired) electrons. The van der Waals surface area contributed by atoms with E-state index in [2.05, 4.69) is 0 Å². The zero-order chi connectivity index (χ0) is 24.2. The first kappa shape index (κ1) is 24.3. The lowest BCUT2D eigenvalue weighted by atomic mass is 9.87. The summed E-state index contributed by atoms with van der Waals surface area (Å²) in [6.07, 6.45) is 0.912. The van der Waals surface area contributed by atoms with E-state index in [4.69, 9.17) is 14.2 Å². The summed E-state index contributed by atoms with van der Waals surface area (Å²) in [7, 11) is 3.15. The third-order valence-electron chi connectivity index (χ3n) is 6.02. The first-order chi connectivity index (χ1) is 15.7. The molecule has 0 unspecified atom stereocenters. The topological polar surface area (TPSA) is 65.1 Å². The van der Waals surface area contributed by atoms with Crippen LogP contribution in [0.25, 0.3) is 0 Å². The monoisotopic (exact) mass is 455 g/mol. The van der Waals surface area contributed by atoms with Crippen molar-refractivity contribution in [3.63, 3.8) is 0 Å². The van der Waals surface area contributed by atoms with E-state index in [0.29, 0.717) is 36.5 Å². The van der Waals surface area contributed by atoms with Gasteiger partial charge < -0.3 is 19.1 Å². The van der Waals surface area contributed by atoms with Crippen LogP contribution in [-0.2, 0) is 27.2 Å². The summed E-state index contributed by atoms with van der Waals surface area (Å²) >= 11 is 0. The van der Waals surface area contributed by atoms with Gasteiger partial charge in [-0.25, -0.2) is 9.18 Å². The van der Waals surface area contributed by atoms with Crippen molar-refractivity contribution in [3.05, 3.63) is 70.6 Å². The molecule has 0 fully saturated rings. The number of carbonyl (C=O) groups is 2. The van der Waals surface area contributed by atoms with Crippen LogP contribution in [0.15, 0.2) is 53.6 Å². The minimum atomic E-state index is -0.718. The predicted molar refractivity (Wildman–Crippen MR) is 123 cm³/mol. The van der Waals surface area contributed by atoms with Gasteiger partial charge in [0.15, 0.2) is 11.5 Å². The maximum atomic E-state index is 13.4. The van der Waals surface area contributed by atoms with E-state index >= 15 is 0 Å². The smallest absolute Gasteiger partial charge is 0.343 e. The van der Waals surface area contributed by atoms with Crippen LogP contribution in [0.5, 0.6) is 11.5 Å². The highest BCUT2D eigenvalue weighted by molar-refractivity contribution is 6.19. The van der Waals surface area contributed by atoms with Crippen LogP contribution < -0.4 is 9.47 Å².